The molecule has 2 aromatic rings. The zero-order valence-electron chi connectivity index (χ0n) is 12.5. The minimum absolute atomic E-state index is 0.237. The van der Waals surface area contributed by atoms with Crippen molar-refractivity contribution in [2.75, 3.05) is 13.1 Å². The highest BCUT2D eigenvalue weighted by molar-refractivity contribution is 6.31. The number of benzene rings is 1. The second kappa shape index (κ2) is 7.01. The van der Waals surface area contributed by atoms with Crippen molar-refractivity contribution in [2.45, 2.75) is 31.6 Å². The third kappa shape index (κ3) is 3.53. The molecule has 3 nitrogen and oxygen atoms in total. The Bertz CT molecular complexity index is 624. The van der Waals surface area contributed by atoms with Crippen LogP contribution in [0.2, 0.25) is 5.02 Å². The number of amides is 1. The third-order valence-electron chi connectivity index (χ3n) is 4.28. The molecule has 116 valence electrons. The molecule has 1 atom stereocenters. The lowest BCUT2D eigenvalue weighted by Crippen LogP contribution is -2.28. The molecule has 0 spiro atoms. The number of rotatable bonds is 5. The average Bonchev–Trinajstić information content (AvgIpc) is 3.20. The standard InChI is InChI=1S/C18H20ClNO2/c19-16-7-2-1-5-14(16)6-3-9-18(21)20-11-10-15(13-20)17-8-4-12-22-17/h1-2,4-5,7-8,12,15H,3,6,9-11,13H2. The lowest BCUT2D eigenvalue weighted by molar-refractivity contribution is -0.130. The first kappa shape index (κ1) is 15.2. The predicted octanol–water partition coefficient (Wildman–Crippen LogP) is 4.27. The third-order valence-corrected chi connectivity index (χ3v) is 4.65. The SMILES string of the molecule is O=C(CCCc1ccccc1Cl)N1CCC(c2ccco2)C1. The maximum absolute atomic E-state index is 12.3. The van der Waals surface area contributed by atoms with E-state index >= 15 is 0 Å². The highest BCUT2D eigenvalue weighted by Gasteiger charge is 2.28. The fraction of sp³-hybridized carbons (Fsp3) is 0.389. The van der Waals surface area contributed by atoms with Crippen LogP contribution in [0.3, 0.4) is 0 Å². The summed E-state index contributed by atoms with van der Waals surface area (Å²) in [7, 11) is 0. The van der Waals surface area contributed by atoms with Crippen LogP contribution in [0.15, 0.2) is 47.1 Å². The van der Waals surface area contributed by atoms with Gasteiger partial charge in [0.25, 0.3) is 0 Å². The maximum atomic E-state index is 12.3. The Morgan fingerprint density at radius 1 is 1.27 bits per heavy atom. The highest BCUT2D eigenvalue weighted by atomic mass is 35.5. The molecule has 1 aromatic carbocycles. The van der Waals surface area contributed by atoms with E-state index in [1.165, 1.54) is 0 Å². The Hall–Kier alpha value is -1.74. The van der Waals surface area contributed by atoms with Crippen molar-refractivity contribution in [3.8, 4) is 0 Å². The van der Waals surface area contributed by atoms with Gasteiger partial charge in [0.1, 0.15) is 5.76 Å². The first-order valence-electron chi connectivity index (χ1n) is 7.78. The maximum Gasteiger partial charge on any atom is 0.222 e. The quantitative estimate of drug-likeness (QED) is 0.825. The Morgan fingerprint density at radius 2 is 2.14 bits per heavy atom. The van der Waals surface area contributed by atoms with Crippen molar-refractivity contribution in [3.63, 3.8) is 0 Å². The van der Waals surface area contributed by atoms with E-state index in [-0.39, 0.29) is 5.91 Å². The number of aryl methyl sites for hydroxylation is 1. The molecule has 1 aromatic heterocycles. The molecule has 2 heterocycles. The van der Waals surface area contributed by atoms with Gasteiger partial charge < -0.3 is 9.32 Å². The van der Waals surface area contributed by atoms with Crippen molar-refractivity contribution >= 4 is 17.5 Å². The van der Waals surface area contributed by atoms with Crippen molar-refractivity contribution in [2.24, 2.45) is 0 Å². The number of furan rings is 1. The van der Waals surface area contributed by atoms with Crippen molar-refractivity contribution < 1.29 is 9.21 Å². The van der Waals surface area contributed by atoms with Gasteiger partial charge in [-0.15, -0.1) is 0 Å². The number of likely N-dealkylation sites (tertiary alicyclic amines) is 1. The molecule has 1 unspecified atom stereocenters. The molecule has 4 heteroatoms. The van der Waals surface area contributed by atoms with E-state index in [0.29, 0.717) is 12.3 Å². The molecule has 0 N–H and O–H groups in total. The number of nitrogens with zero attached hydrogens (tertiary/aromatic N) is 1. The summed E-state index contributed by atoms with van der Waals surface area (Å²) < 4.78 is 5.45. The summed E-state index contributed by atoms with van der Waals surface area (Å²) in [5.74, 6) is 1.58. The lowest BCUT2D eigenvalue weighted by atomic mass is 10.1. The molecule has 1 fully saturated rings. The zero-order chi connectivity index (χ0) is 15.4. The normalized spacial score (nSPS) is 17.9. The molecule has 1 aliphatic rings. The second-order valence-electron chi connectivity index (χ2n) is 5.79. The van der Waals surface area contributed by atoms with Crippen LogP contribution in [0.5, 0.6) is 0 Å². The van der Waals surface area contributed by atoms with Gasteiger partial charge in [-0.25, -0.2) is 0 Å². The summed E-state index contributed by atoms with van der Waals surface area (Å²) in [6, 6.07) is 11.7. The van der Waals surface area contributed by atoms with Gasteiger partial charge in [0.2, 0.25) is 5.91 Å². The average molecular weight is 318 g/mol. The van der Waals surface area contributed by atoms with Crippen LogP contribution in [0.25, 0.3) is 0 Å². The van der Waals surface area contributed by atoms with E-state index < -0.39 is 0 Å². The summed E-state index contributed by atoms with van der Waals surface area (Å²) in [6.45, 7) is 1.61. The monoisotopic (exact) mass is 317 g/mol. The van der Waals surface area contributed by atoms with E-state index in [9.17, 15) is 4.79 Å². The second-order valence-corrected chi connectivity index (χ2v) is 6.19. The van der Waals surface area contributed by atoms with Crippen LogP contribution >= 0.6 is 11.6 Å². The Kier molecular flexibility index (Phi) is 4.84. The number of carbonyl (C=O) groups is 1. The minimum Gasteiger partial charge on any atom is -0.469 e. The molecule has 1 aliphatic heterocycles. The van der Waals surface area contributed by atoms with Gasteiger partial charge in [-0.3, -0.25) is 4.79 Å². The molecular formula is C18H20ClNO2. The fourth-order valence-corrected chi connectivity index (χ4v) is 3.26. The van der Waals surface area contributed by atoms with E-state index in [1.54, 1.807) is 6.26 Å². The summed E-state index contributed by atoms with van der Waals surface area (Å²) in [5, 5.41) is 0.786. The summed E-state index contributed by atoms with van der Waals surface area (Å²) in [5.41, 5.74) is 1.12. The smallest absolute Gasteiger partial charge is 0.222 e. The van der Waals surface area contributed by atoms with Crippen molar-refractivity contribution in [1.82, 2.24) is 4.90 Å². The van der Waals surface area contributed by atoms with Gasteiger partial charge >= 0.3 is 0 Å². The van der Waals surface area contributed by atoms with E-state index in [4.69, 9.17) is 16.0 Å². The van der Waals surface area contributed by atoms with E-state index in [0.717, 1.165) is 48.7 Å². The van der Waals surface area contributed by atoms with Crippen LogP contribution in [-0.2, 0) is 11.2 Å². The Labute approximate surface area is 135 Å². The number of hydrogen-bond donors (Lipinski definition) is 0. The van der Waals surface area contributed by atoms with Gasteiger partial charge in [-0.1, -0.05) is 29.8 Å². The van der Waals surface area contributed by atoms with Crippen LogP contribution in [-0.4, -0.2) is 23.9 Å². The molecule has 0 aliphatic carbocycles. The van der Waals surface area contributed by atoms with Crippen LogP contribution in [0.1, 0.15) is 36.5 Å². The summed E-state index contributed by atoms with van der Waals surface area (Å²) in [6.07, 6.45) is 4.95. The fourth-order valence-electron chi connectivity index (χ4n) is 3.03. The molecule has 0 bridgehead atoms. The van der Waals surface area contributed by atoms with Crippen molar-refractivity contribution in [3.05, 3.63) is 59.0 Å². The molecule has 1 saturated heterocycles. The molecule has 0 radical (unpaired) electrons. The van der Waals surface area contributed by atoms with Crippen LogP contribution in [0, 0.1) is 0 Å². The van der Waals surface area contributed by atoms with Gasteiger partial charge in [-0.05, 0) is 43.0 Å². The minimum atomic E-state index is 0.237. The van der Waals surface area contributed by atoms with Crippen molar-refractivity contribution in [1.29, 1.82) is 0 Å². The van der Waals surface area contributed by atoms with E-state index in [1.807, 2.05) is 41.3 Å². The summed E-state index contributed by atoms with van der Waals surface area (Å²) in [4.78, 5) is 14.3. The zero-order valence-corrected chi connectivity index (χ0v) is 13.3. The molecular weight excluding hydrogens is 298 g/mol. The van der Waals surface area contributed by atoms with Gasteiger partial charge in [0, 0.05) is 30.5 Å². The molecule has 3 rings (SSSR count). The predicted molar refractivity (Wildman–Crippen MR) is 87.0 cm³/mol. The molecule has 0 saturated carbocycles. The van der Waals surface area contributed by atoms with Gasteiger partial charge in [0.05, 0.1) is 6.26 Å². The number of carbonyl (C=O) groups excluding carboxylic acids is 1. The first-order chi connectivity index (χ1) is 10.7. The van der Waals surface area contributed by atoms with Gasteiger partial charge in [0.15, 0.2) is 0 Å². The Morgan fingerprint density at radius 3 is 2.91 bits per heavy atom. The molecule has 22 heavy (non-hydrogen) atoms. The van der Waals surface area contributed by atoms with Gasteiger partial charge in [-0.2, -0.15) is 0 Å². The first-order valence-corrected chi connectivity index (χ1v) is 8.16. The van der Waals surface area contributed by atoms with E-state index in [2.05, 4.69) is 0 Å². The Balaban J connectivity index is 1.46. The highest BCUT2D eigenvalue weighted by Crippen LogP contribution is 2.28. The van der Waals surface area contributed by atoms with Crippen LogP contribution < -0.4 is 0 Å². The van der Waals surface area contributed by atoms with Crippen LogP contribution in [0.4, 0.5) is 0 Å². The topological polar surface area (TPSA) is 33.5 Å². The number of halogens is 1. The number of hydrogen-bond acceptors (Lipinski definition) is 2. The summed E-state index contributed by atoms with van der Waals surface area (Å²) >= 11 is 6.14. The lowest BCUT2D eigenvalue weighted by Gasteiger charge is -2.16. The largest absolute Gasteiger partial charge is 0.469 e. The molecule has 1 amide bonds.